The number of nitrogens with one attached hydrogen (secondary N) is 2. The summed E-state index contributed by atoms with van der Waals surface area (Å²) in [6.07, 6.45) is 1.77. The first-order valence-electron chi connectivity index (χ1n) is 10.4. The second-order valence-corrected chi connectivity index (χ2v) is 9.68. The van der Waals surface area contributed by atoms with Crippen LogP contribution in [0.3, 0.4) is 0 Å². The summed E-state index contributed by atoms with van der Waals surface area (Å²) in [6.45, 7) is 5.55. The molecule has 0 fully saturated rings. The average Bonchev–Trinajstić information content (AvgIpc) is 2.75. The van der Waals surface area contributed by atoms with Crippen molar-refractivity contribution in [1.82, 2.24) is 10.6 Å². The lowest BCUT2D eigenvalue weighted by Gasteiger charge is -2.17. The van der Waals surface area contributed by atoms with Crippen LogP contribution in [0, 0.1) is 0 Å². The monoisotopic (exact) mass is 575 g/mol. The first-order chi connectivity index (χ1) is 14.8. The van der Waals surface area contributed by atoms with Crippen molar-refractivity contribution in [3.05, 3.63) is 59.7 Å². The van der Waals surface area contributed by atoms with Crippen LogP contribution in [0.2, 0.25) is 0 Å². The van der Waals surface area contributed by atoms with Crippen molar-refractivity contribution in [2.24, 2.45) is 4.99 Å². The maximum absolute atomic E-state index is 11.4. The number of halogens is 1. The van der Waals surface area contributed by atoms with E-state index >= 15 is 0 Å². The summed E-state index contributed by atoms with van der Waals surface area (Å²) in [7, 11) is -1.37. The average molecular weight is 576 g/mol. The number of hydrogen-bond donors (Lipinski definition) is 2. The highest BCUT2D eigenvalue weighted by molar-refractivity contribution is 14.0. The van der Waals surface area contributed by atoms with Gasteiger partial charge in [-0.2, -0.15) is 0 Å². The Morgan fingerprint density at radius 1 is 1.09 bits per heavy atom. The van der Waals surface area contributed by atoms with Crippen LogP contribution in [0.1, 0.15) is 31.4 Å². The van der Waals surface area contributed by atoms with Crippen LogP contribution < -0.4 is 20.1 Å². The number of benzene rings is 2. The Hall–Kier alpha value is -2.01. The van der Waals surface area contributed by atoms with Gasteiger partial charge in [-0.15, -0.1) is 24.0 Å². The van der Waals surface area contributed by atoms with E-state index in [1.165, 1.54) is 6.26 Å². The van der Waals surface area contributed by atoms with Crippen molar-refractivity contribution in [2.45, 2.75) is 39.5 Å². The van der Waals surface area contributed by atoms with Gasteiger partial charge < -0.3 is 20.1 Å². The van der Waals surface area contributed by atoms with E-state index in [9.17, 15) is 8.42 Å². The maximum Gasteiger partial charge on any atom is 0.191 e. The van der Waals surface area contributed by atoms with Gasteiger partial charge in [0, 0.05) is 18.8 Å². The molecule has 0 aliphatic heterocycles. The molecule has 1 unspecified atom stereocenters. The lowest BCUT2D eigenvalue weighted by molar-refractivity contribution is 0.284. The molecule has 7 nitrogen and oxygen atoms in total. The highest BCUT2D eigenvalue weighted by atomic mass is 127. The van der Waals surface area contributed by atoms with Gasteiger partial charge in [-0.1, -0.05) is 36.4 Å². The molecule has 178 valence electrons. The highest BCUT2D eigenvalue weighted by Crippen LogP contribution is 2.29. The molecule has 0 radical (unpaired) electrons. The molecule has 0 heterocycles. The fraction of sp³-hybridized carbons (Fsp3) is 0.435. The molecular formula is C23H34IN3O4S. The predicted molar refractivity (Wildman–Crippen MR) is 141 cm³/mol. The fourth-order valence-corrected chi connectivity index (χ4v) is 3.63. The molecule has 2 rings (SSSR count). The summed E-state index contributed by atoms with van der Waals surface area (Å²) in [6, 6.07) is 15.7. The number of methoxy groups -OCH3 is 1. The Morgan fingerprint density at radius 2 is 1.81 bits per heavy atom. The van der Waals surface area contributed by atoms with E-state index in [-0.39, 0.29) is 35.8 Å². The summed E-state index contributed by atoms with van der Waals surface area (Å²) in [5.74, 6) is 2.12. The molecule has 0 aliphatic rings. The molecule has 0 bridgehead atoms. The highest BCUT2D eigenvalue weighted by Gasteiger charge is 2.10. The minimum absolute atomic E-state index is 0. The van der Waals surface area contributed by atoms with Gasteiger partial charge in [-0.3, -0.25) is 0 Å². The summed E-state index contributed by atoms with van der Waals surface area (Å²) in [5.41, 5.74) is 2.06. The number of aliphatic imine (C=N–C) groups is 1. The number of nitrogens with zero attached hydrogens (tertiary/aromatic N) is 1. The van der Waals surface area contributed by atoms with Gasteiger partial charge in [-0.25, -0.2) is 13.4 Å². The third kappa shape index (κ3) is 10.5. The van der Waals surface area contributed by atoms with E-state index in [0.29, 0.717) is 43.6 Å². The van der Waals surface area contributed by atoms with Crippen LogP contribution >= 0.6 is 24.0 Å². The van der Waals surface area contributed by atoms with Gasteiger partial charge in [0.2, 0.25) is 0 Å². The zero-order valence-electron chi connectivity index (χ0n) is 19.1. The molecule has 0 amide bonds. The maximum atomic E-state index is 11.4. The lowest BCUT2D eigenvalue weighted by atomic mass is 10.2. The first-order valence-corrected chi connectivity index (χ1v) is 12.4. The molecule has 0 saturated carbocycles. The van der Waals surface area contributed by atoms with E-state index in [1.54, 1.807) is 7.11 Å². The van der Waals surface area contributed by atoms with E-state index in [0.717, 1.165) is 11.1 Å². The molecule has 2 N–H and O–H groups in total. The van der Waals surface area contributed by atoms with Gasteiger partial charge in [0.15, 0.2) is 17.5 Å². The largest absolute Gasteiger partial charge is 0.493 e. The van der Waals surface area contributed by atoms with Crippen LogP contribution in [0.15, 0.2) is 53.5 Å². The third-order valence-corrected chi connectivity index (χ3v) is 5.51. The number of rotatable bonds is 11. The Balaban J connectivity index is 0.00000512. The summed E-state index contributed by atoms with van der Waals surface area (Å²) in [5, 5.41) is 6.45. The molecule has 2 aromatic carbocycles. The molecule has 9 heteroatoms. The molecule has 0 spiro atoms. The molecule has 0 aromatic heterocycles. The minimum Gasteiger partial charge on any atom is -0.493 e. The summed E-state index contributed by atoms with van der Waals surface area (Å²) in [4.78, 5) is 4.62. The number of hydrogen-bond acceptors (Lipinski definition) is 5. The van der Waals surface area contributed by atoms with Crippen LogP contribution in [-0.2, 0) is 23.0 Å². The van der Waals surface area contributed by atoms with Crippen molar-refractivity contribution in [1.29, 1.82) is 0 Å². The van der Waals surface area contributed by atoms with Crippen LogP contribution in [0.4, 0.5) is 0 Å². The zero-order valence-corrected chi connectivity index (χ0v) is 22.3. The molecule has 2 aromatic rings. The van der Waals surface area contributed by atoms with Crippen molar-refractivity contribution in [3.63, 3.8) is 0 Å². The molecule has 0 aliphatic carbocycles. The van der Waals surface area contributed by atoms with E-state index in [2.05, 4.69) is 15.6 Å². The van der Waals surface area contributed by atoms with Crippen molar-refractivity contribution in [2.75, 3.05) is 25.7 Å². The SMILES string of the molecule is CCNC(=NCc1ccc(OCc2ccccc2)c(OC)c1)NC(C)CCS(C)(=O)=O.I. The van der Waals surface area contributed by atoms with Gasteiger partial charge in [0.1, 0.15) is 16.4 Å². The quantitative estimate of drug-likeness (QED) is 0.241. The normalized spacial score (nSPS) is 12.4. The van der Waals surface area contributed by atoms with Crippen LogP contribution in [0.5, 0.6) is 11.5 Å². The standard InChI is InChI=1S/C23H33N3O4S.HI/c1-5-24-23(26-18(2)13-14-31(4,27)28)25-16-20-11-12-21(22(15-20)29-3)30-17-19-9-7-6-8-10-19;/h6-12,15,18H,5,13-14,16-17H2,1-4H3,(H2,24,25,26);1H. The zero-order chi connectivity index (χ0) is 22.7. The van der Waals surface area contributed by atoms with Crippen molar-refractivity contribution < 1.29 is 17.9 Å². The van der Waals surface area contributed by atoms with Gasteiger partial charge in [-0.05, 0) is 43.5 Å². The van der Waals surface area contributed by atoms with Crippen molar-refractivity contribution >= 4 is 39.8 Å². The third-order valence-electron chi connectivity index (χ3n) is 4.53. The second-order valence-electron chi connectivity index (χ2n) is 7.42. The molecule has 1 atom stereocenters. The minimum atomic E-state index is -2.98. The molecular weight excluding hydrogens is 541 g/mol. The van der Waals surface area contributed by atoms with Gasteiger partial charge >= 0.3 is 0 Å². The topological polar surface area (TPSA) is 89.0 Å². The Kier molecular flexibility index (Phi) is 12.4. The smallest absolute Gasteiger partial charge is 0.191 e. The van der Waals surface area contributed by atoms with Gasteiger partial charge in [0.05, 0.1) is 19.4 Å². The molecule has 32 heavy (non-hydrogen) atoms. The van der Waals surface area contributed by atoms with E-state index in [1.807, 2.05) is 62.4 Å². The van der Waals surface area contributed by atoms with Crippen LogP contribution in [0.25, 0.3) is 0 Å². The second kappa shape index (κ2) is 14.2. The van der Waals surface area contributed by atoms with E-state index < -0.39 is 9.84 Å². The Bertz CT molecular complexity index is 953. The number of sulfone groups is 1. The van der Waals surface area contributed by atoms with E-state index in [4.69, 9.17) is 9.47 Å². The fourth-order valence-electron chi connectivity index (χ4n) is 2.85. The summed E-state index contributed by atoms with van der Waals surface area (Å²) < 4.78 is 34.2. The summed E-state index contributed by atoms with van der Waals surface area (Å²) >= 11 is 0. The Labute approximate surface area is 208 Å². The number of ether oxygens (including phenoxy) is 2. The van der Waals surface area contributed by atoms with Crippen LogP contribution in [-0.4, -0.2) is 46.1 Å². The number of guanidine groups is 1. The Morgan fingerprint density at radius 3 is 2.44 bits per heavy atom. The van der Waals surface area contributed by atoms with Crippen molar-refractivity contribution in [3.8, 4) is 11.5 Å². The van der Waals surface area contributed by atoms with Gasteiger partial charge in [0.25, 0.3) is 0 Å². The first kappa shape index (κ1) is 28.0. The lowest BCUT2D eigenvalue weighted by Crippen LogP contribution is -2.42. The molecule has 0 saturated heterocycles. The predicted octanol–water partition coefficient (Wildman–Crippen LogP) is 3.77.